The predicted octanol–water partition coefficient (Wildman–Crippen LogP) is -0.0508. The first kappa shape index (κ1) is 21.3. The summed E-state index contributed by atoms with van der Waals surface area (Å²) in [5.41, 5.74) is 0.176. The van der Waals surface area contributed by atoms with Crippen molar-refractivity contribution in [2.24, 2.45) is 0 Å². The van der Waals surface area contributed by atoms with E-state index >= 15 is 0 Å². The molecule has 10 nitrogen and oxygen atoms in total. The van der Waals surface area contributed by atoms with Gasteiger partial charge in [-0.25, -0.2) is 18.4 Å². The molecule has 0 saturated carbocycles. The zero-order valence-electron chi connectivity index (χ0n) is 17.7. The number of hydrogen-bond acceptors (Lipinski definition) is 9. The fourth-order valence-electron chi connectivity index (χ4n) is 4.08. The molecule has 1 amide bonds. The van der Waals surface area contributed by atoms with Gasteiger partial charge in [0.05, 0.1) is 31.4 Å². The first-order valence-corrected chi connectivity index (χ1v) is 12.0. The number of β-amino-alcohol motifs (C(OH)–C–C–N with tert-alkyl or cyclic N) is 1. The average Bonchev–Trinajstić information content (AvgIpc) is 3.11. The van der Waals surface area contributed by atoms with Crippen molar-refractivity contribution in [3.8, 4) is 5.75 Å². The molecule has 3 atom stereocenters. The number of rotatable bonds is 3. The van der Waals surface area contributed by atoms with Crippen LogP contribution in [0.3, 0.4) is 0 Å². The second-order valence-corrected chi connectivity index (χ2v) is 11.3. The lowest BCUT2D eigenvalue weighted by Crippen LogP contribution is -2.56. The van der Waals surface area contributed by atoms with Crippen LogP contribution in [0.25, 0.3) is 0 Å². The quantitative estimate of drug-likeness (QED) is 0.689. The van der Waals surface area contributed by atoms with Crippen LogP contribution in [0.4, 0.5) is 5.82 Å². The van der Waals surface area contributed by atoms with E-state index in [1.165, 1.54) is 4.90 Å². The van der Waals surface area contributed by atoms with Gasteiger partial charge in [0.25, 0.3) is 5.91 Å². The van der Waals surface area contributed by atoms with E-state index in [0.29, 0.717) is 44.4 Å². The standard InChI is InChI=1S/C19H28N4O6S/c1-11-8-28-9-12-10-29-14-15(19(2,3)30(4,26)27)20-16(21-17(14)23(11)12)18(25)22-6-5-13(24)7-22/h11-13,24H,5-10H2,1-4H3/t11-,12?,13+/m1/s1. The van der Waals surface area contributed by atoms with Crippen LogP contribution in [-0.2, 0) is 19.3 Å². The van der Waals surface area contributed by atoms with Crippen LogP contribution in [0, 0.1) is 0 Å². The van der Waals surface area contributed by atoms with E-state index in [1.54, 1.807) is 13.8 Å². The Bertz CT molecular complexity index is 966. The van der Waals surface area contributed by atoms with Crippen molar-refractivity contribution in [1.29, 1.82) is 0 Å². The van der Waals surface area contributed by atoms with Crippen LogP contribution >= 0.6 is 0 Å². The van der Waals surface area contributed by atoms with Gasteiger partial charge in [-0.05, 0) is 27.2 Å². The Kier molecular flexibility index (Phi) is 5.18. The lowest BCUT2D eigenvalue weighted by molar-refractivity contribution is 0.0480. The molecule has 11 heteroatoms. The van der Waals surface area contributed by atoms with Gasteiger partial charge >= 0.3 is 0 Å². The van der Waals surface area contributed by atoms with E-state index in [-0.39, 0.29) is 30.1 Å². The van der Waals surface area contributed by atoms with Crippen LogP contribution in [0.2, 0.25) is 0 Å². The van der Waals surface area contributed by atoms with Crippen LogP contribution in [-0.4, -0.2) is 91.7 Å². The summed E-state index contributed by atoms with van der Waals surface area (Å²) in [6.45, 7) is 6.97. The lowest BCUT2D eigenvalue weighted by atomic mass is 10.0. The number of sulfone groups is 1. The number of hydrogen-bond donors (Lipinski definition) is 1. The number of aliphatic hydroxyl groups excluding tert-OH is 1. The minimum atomic E-state index is -3.58. The molecule has 166 valence electrons. The topological polar surface area (TPSA) is 122 Å². The molecule has 4 heterocycles. The lowest BCUT2D eigenvalue weighted by Gasteiger charge is -2.45. The third-order valence-corrected chi connectivity index (χ3v) is 8.24. The van der Waals surface area contributed by atoms with Crippen molar-refractivity contribution in [2.75, 3.05) is 44.1 Å². The monoisotopic (exact) mass is 440 g/mol. The van der Waals surface area contributed by atoms with Crippen molar-refractivity contribution >= 4 is 21.6 Å². The molecule has 1 unspecified atom stereocenters. The van der Waals surface area contributed by atoms with Gasteiger partial charge < -0.3 is 24.4 Å². The maximum Gasteiger partial charge on any atom is 0.291 e. The number of morpholine rings is 1. The SMILES string of the molecule is C[C@@H]1COCC2COc3c(nc(C(=O)N4CC[C@H](O)C4)nc3C(C)(C)S(C)(=O)=O)N21. The molecule has 0 aromatic carbocycles. The van der Waals surface area contributed by atoms with E-state index in [0.717, 1.165) is 6.26 Å². The van der Waals surface area contributed by atoms with Gasteiger partial charge in [-0.2, -0.15) is 0 Å². The number of anilines is 1. The normalized spacial score (nSPS) is 26.8. The van der Waals surface area contributed by atoms with E-state index < -0.39 is 26.6 Å². The van der Waals surface area contributed by atoms with E-state index in [9.17, 15) is 18.3 Å². The molecule has 0 bridgehead atoms. The first-order chi connectivity index (χ1) is 14.0. The molecule has 2 fully saturated rings. The Hall–Kier alpha value is -1.98. The smallest absolute Gasteiger partial charge is 0.291 e. The van der Waals surface area contributed by atoms with Crippen molar-refractivity contribution in [1.82, 2.24) is 14.9 Å². The number of likely N-dealkylation sites (tertiary alicyclic amines) is 1. The highest BCUT2D eigenvalue weighted by Gasteiger charge is 2.44. The molecule has 1 aromatic heterocycles. The van der Waals surface area contributed by atoms with Gasteiger partial charge in [0.1, 0.15) is 17.0 Å². The fraction of sp³-hybridized carbons (Fsp3) is 0.737. The summed E-state index contributed by atoms with van der Waals surface area (Å²) < 4.78 is 35.4. The molecule has 0 radical (unpaired) electrons. The molecule has 0 aliphatic carbocycles. The van der Waals surface area contributed by atoms with Gasteiger partial charge in [-0.3, -0.25) is 4.79 Å². The van der Waals surface area contributed by atoms with E-state index in [2.05, 4.69) is 9.97 Å². The van der Waals surface area contributed by atoms with Gasteiger partial charge in [0.15, 0.2) is 21.4 Å². The summed E-state index contributed by atoms with van der Waals surface area (Å²) in [6.07, 6.45) is 1.05. The van der Waals surface area contributed by atoms with Crippen LogP contribution in [0.1, 0.15) is 43.5 Å². The number of fused-ring (bicyclic) bond motifs is 3. The summed E-state index contributed by atoms with van der Waals surface area (Å²) in [6, 6.07) is -0.103. The largest absolute Gasteiger partial charge is 0.486 e. The molecule has 1 aromatic rings. The van der Waals surface area contributed by atoms with Crippen LogP contribution in [0.5, 0.6) is 5.75 Å². The van der Waals surface area contributed by atoms with Gasteiger partial charge in [0, 0.05) is 19.3 Å². The highest BCUT2D eigenvalue weighted by atomic mass is 32.2. The minimum absolute atomic E-state index is 0.0212. The summed E-state index contributed by atoms with van der Waals surface area (Å²) in [7, 11) is -3.58. The summed E-state index contributed by atoms with van der Waals surface area (Å²) >= 11 is 0. The third kappa shape index (κ3) is 3.42. The number of ether oxygens (including phenoxy) is 2. The number of aromatic nitrogens is 2. The molecular formula is C19H28N4O6S. The molecule has 0 spiro atoms. The van der Waals surface area contributed by atoms with Crippen molar-refractivity contribution in [3.05, 3.63) is 11.5 Å². The molecule has 2 saturated heterocycles. The van der Waals surface area contributed by atoms with E-state index in [1.807, 2.05) is 11.8 Å². The molecule has 1 N–H and O–H groups in total. The maximum atomic E-state index is 13.1. The Morgan fingerprint density at radius 3 is 2.60 bits per heavy atom. The van der Waals surface area contributed by atoms with Crippen molar-refractivity contribution < 1.29 is 27.8 Å². The Morgan fingerprint density at radius 1 is 1.23 bits per heavy atom. The predicted molar refractivity (Wildman–Crippen MR) is 108 cm³/mol. The Balaban J connectivity index is 1.88. The second-order valence-electron chi connectivity index (χ2n) is 8.78. The molecule has 3 aliphatic rings. The molecule has 4 rings (SSSR count). The molecule has 3 aliphatic heterocycles. The number of carbonyl (C=O) groups excluding carboxylic acids is 1. The molecular weight excluding hydrogens is 412 g/mol. The number of aliphatic hydroxyl groups is 1. The summed E-state index contributed by atoms with van der Waals surface area (Å²) in [5.74, 6) is 0.209. The van der Waals surface area contributed by atoms with Gasteiger partial charge in [0.2, 0.25) is 5.82 Å². The number of amides is 1. The highest BCUT2D eigenvalue weighted by molar-refractivity contribution is 7.91. The summed E-state index contributed by atoms with van der Waals surface area (Å²) in [4.78, 5) is 25.6. The Labute approximate surface area is 176 Å². The fourth-order valence-corrected chi connectivity index (χ4v) is 4.57. The second kappa shape index (κ2) is 7.31. The first-order valence-electron chi connectivity index (χ1n) is 10.1. The zero-order chi connectivity index (χ0) is 21.8. The Morgan fingerprint density at radius 2 is 1.97 bits per heavy atom. The number of carbonyl (C=O) groups is 1. The van der Waals surface area contributed by atoms with Crippen LogP contribution < -0.4 is 9.64 Å². The maximum absolute atomic E-state index is 13.1. The van der Waals surface area contributed by atoms with Gasteiger partial charge in [-0.15, -0.1) is 0 Å². The van der Waals surface area contributed by atoms with E-state index in [4.69, 9.17) is 9.47 Å². The van der Waals surface area contributed by atoms with Crippen molar-refractivity contribution in [2.45, 2.75) is 50.1 Å². The third-order valence-electron chi connectivity index (χ3n) is 6.19. The average molecular weight is 441 g/mol. The van der Waals surface area contributed by atoms with Gasteiger partial charge in [-0.1, -0.05) is 0 Å². The zero-order valence-corrected chi connectivity index (χ0v) is 18.5. The van der Waals surface area contributed by atoms with Crippen LogP contribution in [0.15, 0.2) is 0 Å². The van der Waals surface area contributed by atoms with Crippen molar-refractivity contribution in [3.63, 3.8) is 0 Å². The summed E-state index contributed by atoms with van der Waals surface area (Å²) in [5, 5.41) is 9.81. The minimum Gasteiger partial charge on any atom is -0.486 e. The highest BCUT2D eigenvalue weighted by Crippen LogP contribution is 2.43. The molecule has 30 heavy (non-hydrogen) atoms. The number of nitrogens with zero attached hydrogens (tertiary/aromatic N) is 4.